The lowest BCUT2D eigenvalue weighted by molar-refractivity contribution is -0.0945. The van der Waals surface area contributed by atoms with Crippen molar-refractivity contribution in [1.82, 2.24) is 10.2 Å². The molecule has 0 aliphatic heterocycles. The number of nitrogens with zero attached hydrogens (tertiary/aromatic N) is 1. The maximum absolute atomic E-state index is 6.93. The molecular formula is C42H87N5O3S2. The van der Waals surface area contributed by atoms with Gasteiger partial charge in [0.05, 0.1) is 18.3 Å². The number of thiol groups is 2. The highest BCUT2D eigenvalue weighted by Crippen LogP contribution is 2.55. The molecule has 10 heteroatoms. The molecule has 0 amide bonds. The molecule has 2 saturated carbocycles. The van der Waals surface area contributed by atoms with Gasteiger partial charge in [-0.1, -0.05) is 34.6 Å². The summed E-state index contributed by atoms with van der Waals surface area (Å²) in [5.41, 5.74) is 17.8. The average molecular weight is 774 g/mol. The lowest BCUT2D eigenvalue weighted by Crippen LogP contribution is -2.45. The summed E-state index contributed by atoms with van der Waals surface area (Å²) in [6.07, 6.45) is 16.7. The van der Waals surface area contributed by atoms with E-state index in [1.807, 2.05) is 0 Å². The monoisotopic (exact) mass is 774 g/mol. The molecule has 310 valence electrons. The van der Waals surface area contributed by atoms with Crippen LogP contribution in [0.2, 0.25) is 0 Å². The van der Waals surface area contributed by atoms with Crippen molar-refractivity contribution < 1.29 is 14.2 Å². The SMILES string of the molecule is CC1CC[C@@H](OCCCN)CC1C[C@H](C[C@@H](C)C[C@H](OCCCN)C1(C)C(C)CCC1[C@H](C)CCCNCCCN(CCS)CCS)OCCCN. The smallest absolute Gasteiger partial charge is 0.0636 e. The molecule has 7 N–H and O–H groups in total. The van der Waals surface area contributed by atoms with Crippen LogP contribution in [-0.4, -0.2) is 107 Å². The molecule has 10 atom stereocenters. The van der Waals surface area contributed by atoms with Crippen LogP contribution in [0.25, 0.3) is 0 Å². The van der Waals surface area contributed by atoms with Gasteiger partial charge in [0.2, 0.25) is 0 Å². The molecule has 0 bridgehead atoms. The van der Waals surface area contributed by atoms with Gasteiger partial charge in [-0.3, -0.25) is 0 Å². The van der Waals surface area contributed by atoms with Crippen LogP contribution in [0.3, 0.4) is 0 Å². The van der Waals surface area contributed by atoms with Crippen molar-refractivity contribution in [2.45, 2.75) is 143 Å². The van der Waals surface area contributed by atoms with Gasteiger partial charge in [0.1, 0.15) is 0 Å². The van der Waals surface area contributed by atoms with Crippen molar-refractivity contribution in [1.29, 1.82) is 0 Å². The number of hydrogen-bond donors (Lipinski definition) is 6. The van der Waals surface area contributed by atoms with Gasteiger partial charge in [-0.2, -0.15) is 25.3 Å². The van der Waals surface area contributed by atoms with Gasteiger partial charge in [-0.15, -0.1) is 0 Å². The van der Waals surface area contributed by atoms with Gasteiger partial charge >= 0.3 is 0 Å². The lowest BCUT2D eigenvalue weighted by Gasteiger charge is -2.46. The van der Waals surface area contributed by atoms with Crippen molar-refractivity contribution >= 4 is 25.3 Å². The van der Waals surface area contributed by atoms with E-state index < -0.39 is 0 Å². The highest BCUT2D eigenvalue weighted by atomic mass is 32.1. The molecule has 0 aromatic heterocycles. The summed E-state index contributed by atoms with van der Waals surface area (Å²) in [5.74, 6) is 5.63. The zero-order chi connectivity index (χ0) is 38.2. The fourth-order valence-corrected chi connectivity index (χ4v) is 10.2. The van der Waals surface area contributed by atoms with Crippen molar-refractivity contribution in [3.05, 3.63) is 0 Å². The molecule has 2 fully saturated rings. The molecular weight excluding hydrogens is 687 g/mol. The van der Waals surface area contributed by atoms with Gasteiger partial charge in [-0.25, -0.2) is 0 Å². The Morgan fingerprint density at radius 2 is 1.44 bits per heavy atom. The van der Waals surface area contributed by atoms with E-state index in [9.17, 15) is 0 Å². The van der Waals surface area contributed by atoms with Gasteiger partial charge in [0.25, 0.3) is 0 Å². The van der Waals surface area contributed by atoms with Crippen molar-refractivity contribution in [2.24, 2.45) is 58.1 Å². The first-order valence-electron chi connectivity index (χ1n) is 21.7. The third kappa shape index (κ3) is 17.7. The second-order valence-corrected chi connectivity index (χ2v) is 18.0. The maximum Gasteiger partial charge on any atom is 0.0636 e. The summed E-state index contributed by atoms with van der Waals surface area (Å²) in [7, 11) is 0. The molecule has 52 heavy (non-hydrogen) atoms. The van der Waals surface area contributed by atoms with Crippen LogP contribution in [0, 0.1) is 40.9 Å². The number of hydrogen-bond acceptors (Lipinski definition) is 10. The topological polar surface area (TPSA) is 121 Å². The van der Waals surface area contributed by atoms with E-state index >= 15 is 0 Å². The van der Waals surface area contributed by atoms with Crippen LogP contribution in [0.15, 0.2) is 0 Å². The Morgan fingerprint density at radius 3 is 2.12 bits per heavy atom. The fourth-order valence-electron chi connectivity index (χ4n) is 9.60. The minimum absolute atomic E-state index is 0.154. The lowest BCUT2D eigenvalue weighted by atomic mass is 9.63. The number of nitrogens with two attached hydrogens (primary N) is 3. The summed E-state index contributed by atoms with van der Waals surface area (Å²) >= 11 is 8.84. The second-order valence-electron chi connectivity index (χ2n) is 17.1. The standard InChI is InChI=1S/C42H87N5O3S2/c1-33(29-39(49-25-8-17-44)32-37-31-38(14-12-34(37)2)48-24-7-16-43)30-41(50-26-9-18-45)42(5)36(4)13-15-40(42)35(3)11-6-19-46-20-10-21-47(22-27-51)23-28-52/h33-41,46,51-52H,6-32,43-45H2,1-5H3/t33-,34?,35-,36?,37?,38-,39+,40?,41+,42?/m1/s1. The molecule has 0 aromatic rings. The molecule has 5 unspecified atom stereocenters. The quantitative estimate of drug-likeness (QED) is 0.0318. The van der Waals surface area contributed by atoms with E-state index in [1.165, 1.54) is 44.9 Å². The predicted octanol–water partition coefficient (Wildman–Crippen LogP) is 7.04. The van der Waals surface area contributed by atoms with Crippen LogP contribution in [0.1, 0.15) is 125 Å². The van der Waals surface area contributed by atoms with E-state index in [0.29, 0.717) is 61.2 Å². The van der Waals surface area contributed by atoms with Crippen molar-refractivity contribution in [2.75, 3.05) is 83.7 Å². The zero-order valence-corrected chi connectivity index (χ0v) is 36.4. The molecule has 0 heterocycles. The first-order valence-corrected chi connectivity index (χ1v) is 23.0. The maximum atomic E-state index is 6.93. The van der Waals surface area contributed by atoms with Crippen molar-refractivity contribution in [3.8, 4) is 0 Å². The molecule has 2 aliphatic carbocycles. The van der Waals surface area contributed by atoms with Crippen LogP contribution in [-0.2, 0) is 14.2 Å². The summed E-state index contributed by atoms with van der Waals surface area (Å²) < 4.78 is 19.9. The normalized spacial score (nSPS) is 27.6. The molecule has 2 rings (SSSR count). The van der Waals surface area contributed by atoms with Crippen LogP contribution in [0.4, 0.5) is 0 Å². The van der Waals surface area contributed by atoms with E-state index in [0.717, 1.165) is 109 Å². The summed E-state index contributed by atoms with van der Waals surface area (Å²) in [4.78, 5) is 2.47. The number of ether oxygens (including phenoxy) is 3. The van der Waals surface area contributed by atoms with E-state index in [2.05, 4.69) is 70.1 Å². The highest BCUT2D eigenvalue weighted by Gasteiger charge is 2.51. The molecule has 0 radical (unpaired) electrons. The van der Waals surface area contributed by atoms with Gasteiger partial charge in [0.15, 0.2) is 0 Å². The highest BCUT2D eigenvalue weighted by molar-refractivity contribution is 7.80. The Kier molecular flexibility index (Phi) is 26.8. The number of rotatable bonds is 32. The van der Waals surface area contributed by atoms with E-state index in [1.54, 1.807) is 0 Å². The van der Waals surface area contributed by atoms with Gasteiger partial charge in [-0.05, 0) is 170 Å². The Labute approximate surface area is 333 Å². The van der Waals surface area contributed by atoms with E-state index in [-0.39, 0.29) is 17.6 Å². The van der Waals surface area contributed by atoms with Gasteiger partial charge in [0, 0.05) is 44.4 Å². The fraction of sp³-hybridized carbons (Fsp3) is 1.00. The van der Waals surface area contributed by atoms with Crippen LogP contribution >= 0.6 is 25.3 Å². The average Bonchev–Trinajstić information content (AvgIpc) is 3.43. The summed E-state index contributed by atoms with van der Waals surface area (Å²) in [6, 6.07) is 0. The Bertz CT molecular complexity index is 858. The first-order chi connectivity index (χ1) is 25.1. The van der Waals surface area contributed by atoms with Crippen molar-refractivity contribution in [3.63, 3.8) is 0 Å². The first kappa shape index (κ1) is 48.5. The minimum atomic E-state index is 0.154. The molecule has 8 nitrogen and oxygen atoms in total. The van der Waals surface area contributed by atoms with Crippen LogP contribution in [0.5, 0.6) is 0 Å². The third-order valence-electron chi connectivity index (χ3n) is 13.1. The largest absolute Gasteiger partial charge is 0.378 e. The third-order valence-corrected chi connectivity index (χ3v) is 13.5. The van der Waals surface area contributed by atoms with Gasteiger partial charge < -0.3 is 41.6 Å². The molecule has 2 aliphatic rings. The molecule has 0 aromatic carbocycles. The molecule has 0 saturated heterocycles. The van der Waals surface area contributed by atoms with E-state index in [4.69, 9.17) is 31.4 Å². The number of nitrogens with one attached hydrogen (secondary N) is 1. The Hall–Kier alpha value is 0.380. The van der Waals surface area contributed by atoms with Crippen LogP contribution < -0.4 is 22.5 Å². The Balaban J connectivity index is 2.03. The minimum Gasteiger partial charge on any atom is -0.378 e. The zero-order valence-electron chi connectivity index (χ0n) is 34.6. The Morgan fingerprint density at radius 1 is 0.788 bits per heavy atom. The molecule has 0 spiro atoms. The summed E-state index contributed by atoms with van der Waals surface area (Å²) in [6.45, 7) is 22.2. The predicted molar refractivity (Wildman–Crippen MR) is 230 cm³/mol. The second kappa shape index (κ2) is 28.7. The summed E-state index contributed by atoms with van der Waals surface area (Å²) in [5, 5.41) is 3.73.